The van der Waals surface area contributed by atoms with Crippen LogP contribution in [0.2, 0.25) is 0 Å². The fraction of sp³-hybridized carbons (Fsp3) is 0.600. The number of nitrogens with one attached hydrogen (secondary N) is 1. The molecule has 0 bridgehead atoms. The molecule has 1 aromatic rings. The minimum absolute atomic E-state index is 0.397. The Labute approximate surface area is 115 Å². The van der Waals surface area contributed by atoms with Crippen LogP contribution in [0, 0.1) is 6.92 Å². The lowest BCUT2D eigenvalue weighted by atomic mass is 10.4. The summed E-state index contributed by atoms with van der Waals surface area (Å²) in [5, 5.41) is 3.00. The average Bonchev–Trinajstić information content (AvgIpc) is 2.60. The second-order valence-electron chi connectivity index (χ2n) is 3.81. The van der Waals surface area contributed by atoms with Gasteiger partial charge in [0.05, 0.1) is 3.79 Å². The van der Waals surface area contributed by atoms with Crippen molar-refractivity contribution in [3.8, 4) is 0 Å². The highest BCUT2D eigenvalue weighted by molar-refractivity contribution is 9.11. The van der Waals surface area contributed by atoms with E-state index in [1.807, 2.05) is 14.0 Å². The van der Waals surface area contributed by atoms with Gasteiger partial charge in [-0.1, -0.05) is 0 Å². The van der Waals surface area contributed by atoms with Crippen LogP contribution in [-0.4, -0.2) is 39.9 Å². The Bertz CT molecular complexity index is 451. The first kappa shape index (κ1) is 15.1. The van der Waals surface area contributed by atoms with Crippen molar-refractivity contribution in [3.05, 3.63) is 15.4 Å². The predicted octanol–water partition coefficient (Wildman–Crippen LogP) is 2.05. The van der Waals surface area contributed by atoms with Gasteiger partial charge in [0, 0.05) is 13.6 Å². The lowest BCUT2D eigenvalue weighted by Crippen LogP contribution is -2.29. The zero-order valence-electron chi connectivity index (χ0n) is 10.2. The lowest BCUT2D eigenvalue weighted by Gasteiger charge is -2.15. The van der Waals surface area contributed by atoms with Crippen LogP contribution in [0.25, 0.3) is 0 Å². The fourth-order valence-corrected chi connectivity index (χ4v) is 4.96. The van der Waals surface area contributed by atoms with Crippen LogP contribution in [0.3, 0.4) is 0 Å². The molecule has 0 saturated heterocycles. The number of aryl methyl sites for hydroxylation is 1. The molecule has 1 aromatic heterocycles. The molecule has 98 valence electrons. The molecule has 0 fully saturated rings. The van der Waals surface area contributed by atoms with Crippen molar-refractivity contribution < 1.29 is 8.42 Å². The molecule has 1 heterocycles. The third kappa shape index (κ3) is 3.75. The van der Waals surface area contributed by atoms with Crippen LogP contribution in [0.5, 0.6) is 0 Å². The molecule has 0 amide bonds. The second-order valence-corrected chi connectivity index (χ2v) is 8.45. The third-order valence-corrected chi connectivity index (χ3v) is 6.84. The van der Waals surface area contributed by atoms with Crippen LogP contribution in [-0.2, 0) is 10.0 Å². The number of thiophene rings is 1. The summed E-state index contributed by atoms with van der Waals surface area (Å²) < 4.78 is 27.1. The number of hydrogen-bond donors (Lipinski definition) is 1. The molecule has 1 rings (SSSR count). The van der Waals surface area contributed by atoms with E-state index < -0.39 is 10.0 Å². The first-order valence-corrected chi connectivity index (χ1v) is 8.31. The summed E-state index contributed by atoms with van der Waals surface area (Å²) >= 11 is 4.61. The maximum Gasteiger partial charge on any atom is 0.252 e. The molecular weight excluding hydrogens is 324 g/mol. The zero-order chi connectivity index (χ0) is 13.1. The van der Waals surface area contributed by atoms with Crippen molar-refractivity contribution in [3.63, 3.8) is 0 Å². The summed E-state index contributed by atoms with van der Waals surface area (Å²) in [6.45, 7) is 3.23. The Balaban J connectivity index is 2.80. The first-order chi connectivity index (χ1) is 7.89. The van der Waals surface area contributed by atoms with Gasteiger partial charge in [-0.2, -0.15) is 0 Å². The lowest BCUT2D eigenvalue weighted by molar-refractivity contribution is 0.459. The highest BCUT2D eigenvalue weighted by Gasteiger charge is 2.23. The number of hydrogen-bond acceptors (Lipinski definition) is 4. The van der Waals surface area contributed by atoms with Crippen molar-refractivity contribution in [2.45, 2.75) is 17.6 Å². The van der Waals surface area contributed by atoms with Crippen LogP contribution >= 0.6 is 27.3 Å². The van der Waals surface area contributed by atoms with Crippen molar-refractivity contribution in [2.24, 2.45) is 0 Å². The van der Waals surface area contributed by atoms with E-state index in [2.05, 4.69) is 21.2 Å². The van der Waals surface area contributed by atoms with Gasteiger partial charge in [-0.05, 0) is 54.5 Å². The summed E-state index contributed by atoms with van der Waals surface area (Å²) in [7, 11) is 0.147. The summed E-state index contributed by atoms with van der Waals surface area (Å²) in [5.74, 6) is 0. The zero-order valence-corrected chi connectivity index (χ0v) is 13.4. The predicted molar refractivity (Wildman–Crippen MR) is 75.1 cm³/mol. The number of nitrogens with zero attached hydrogens (tertiary/aromatic N) is 1. The molecule has 0 radical (unpaired) electrons. The Kier molecular flexibility index (Phi) is 5.59. The maximum absolute atomic E-state index is 12.2. The largest absolute Gasteiger partial charge is 0.320 e. The van der Waals surface area contributed by atoms with Gasteiger partial charge in [0.2, 0.25) is 0 Å². The van der Waals surface area contributed by atoms with Gasteiger partial charge in [0.15, 0.2) is 0 Å². The van der Waals surface area contributed by atoms with Gasteiger partial charge in [0.1, 0.15) is 4.21 Å². The summed E-state index contributed by atoms with van der Waals surface area (Å²) in [4.78, 5) is 0. The standard InChI is InChI=1S/C10H17BrN2O2S2/c1-8-7-9(16-10(8)11)17(14,15)13(3)6-4-5-12-2/h7,12H,4-6H2,1-3H3. The molecule has 0 aliphatic rings. The van der Waals surface area contributed by atoms with E-state index in [9.17, 15) is 8.42 Å². The maximum atomic E-state index is 12.2. The van der Waals surface area contributed by atoms with E-state index in [1.165, 1.54) is 15.6 Å². The molecule has 0 aliphatic heterocycles. The number of halogens is 1. The molecule has 0 unspecified atom stereocenters. The first-order valence-electron chi connectivity index (χ1n) is 5.26. The Morgan fingerprint density at radius 1 is 1.53 bits per heavy atom. The van der Waals surface area contributed by atoms with E-state index in [1.54, 1.807) is 13.1 Å². The Morgan fingerprint density at radius 2 is 2.18 bits per heavy atom. The molecule has 0 atom stereocenters. The molecule has 0 spiro atoms. The van der Waals surface area contributed by atoms with Crippen LogP contribution in [0.4, 0.5) is 0 Å². The highest BCUT2D eigenvalue weighted by atomic mass is 79.9. The summed E-state index contributed by atoms with van der Waals surface area (Å²) in [6.07, 6.45) is 0.803. The van der Waals surface area contributed by atoms with Gasteiger partial charge in [-0.3, -0.25) is 0 Å². The second kappa shape index (κ2) is 6.29. The van der Waals surface area contributed by atoms with E-state index >= 15 is 0 Å². The number of sulfonamides is 1. The molecule has 4 nitrogen and oxygen atoms in total. The SMILES string of the molecule is CNCCCN(C)S(=O)(=O)c1cc(C)c(Br)s1. The number of rotatable bonds is 6. The third-order valence-electron chi connectivity index (χ3n) is 2.40. The van der Waals surface area contributed by atoms with E-state index in [0.29, 0.717) is 10.8 Å². The van der Waals surface area contributed by atoms with Gasteiger partial charge in [0.25, 0.3) is 10.0 Å². The smallest absolute Gasteiger partial charge is 0.252 e. The van der Waals surface area contributed by atoms with Gasteiger partial charge in [-0.15, -0.1) is 11.3 Å². The molecule has 7 heteroatoms. The molecule has 0 aliphatic carbocycles. The quantitative estimate of drug-likeness (QED) is 0.806. The average molecular weight is 341 g/mol. The van der Waals surface area contributed by atoms with Gasteiger partial charge < -0.3 is 5.32 Å². The minimum Gasteiger partial charge on any atom is -0.320 e. The van der Waals surface area contributed by atoms with Crippen LogP contribution in [0.15, 0.2) is 14.1 Å². The van der Waals surface area contributed by atoms with Gasteiger partial charge >= 0.3 is 0 Å². The van der Waals surface area contributed by atoms with Crippen molar-refractivity contribution in [2.75, 3.05) is 27.2 Å². The molecule has 0 aromatic carbocycles. The monoisotopic (exact) mass is 340 g/mol. The van der Waals surface area contributed by atoms with Crippen molar-refractivity contribution in [1.29, 1.82) is 0 Å². The fourth-order valence-electron chi connectivity index (χ4n) is 1.31. The van der Waals surface area contributed by atoms with Crippen LogP contribution < -0.4 is 5.32 Å². The molecule has 17 heavy (non-hydrogen) atoms. The van der Waals surface area contributed by atoms with Crippen molar-refractivity contribution >= 4 is 37.3 Å². The van der Waals surface area contributed by atoms with E-state index in [0.717, 1.165) is 22.3 Å². The van der Waals surface area contributed by atoms with E-state index in [4.69, 9.17) is 0 Å². The molecule has 0 saturated carbocycles. The van der Waals surface area contributed by atoms with Gasteiger partial charge in [-0.25, -0.2) is 12.7 Å². The Hall–Kier alpha value is 0.0500. The van der Waals surface area contributed by atoms with E-state index in [-0.39, 0.29) is 0 Å². The highest BCUT2D eigenvalue weighted by Crippen LogP contribution is 2.31. The van der Waals surface area contributed by atoms with Crippen LogP contribution in [0.1, 0.15) is 12.0 Å². The minimum atomic E-state index is -3.33. The molecule has 1 N–H and O–H groups in total. The molecular formula is C10H17BrN2O2S2. The normalized spacial score (nSPS) is 12.3. The Morgan fingerprint density at radius 3 is 2.65 bits per heavy atom. The topological polar surface area (TPSA) is 49.4 Å². The summed E-state index contributed by atoms with van der Waals surface area (Å²) in [5.41, 5.74) is 0.956. The summed E-state index contributed by atoms with van der Waals surface area (Å²) in [6, 6.07) is 1.71. The van der Waals surface area contributed by atoms with Crippen molar-refractivity contribution in [1.82, 2.24) is 9.62 Å².